The number of ketones is 3. The monoisotopic (exact) mass is 1620 g/mol. The molecular formula is C93H122Cl2F3N9O8. The van der Waals surface area contributed by atoms with Gasteiger partial charge in [0.2, 0.25) is 5.43 Å². The van der Waals surface area contributed by atoms with Crippen molar-refractivity contribution in [2.24, 2.45) is 38.7 Å². The molecule has 1 spiro atoms. The molecule has 622 valence electrons. The Morgan fingerprint density at radius 3 is 1.56 bits per heavy atom. The molecule has 11 aliphatic rings. The van der Waals surface area contributed by atoms with Crippen LogP contribution in [0.25, 0.3) is 0 Å². The highest BCUT2D eigenvalue weighted by atomic mass is 35.5. The summed E-state index contributed by atoms with van der Waals surface area (Å²) in [5.74, 6) is -3.37. The number of aromatic nitrogens is 1. The number of nitrogens with zero attached hydrogens (tertiary/aromatic N) is 7. The number of halogens is 5. The predicted octanol–water partition coefficient (Wildman–Crippen LogP) is 19.2. The Labute approximate surface area is 690 Å². The van der Waals surface area contributed by atoms with Crippen molar-refractivity contribution in [1.82, 2.24) is 24.6 Å². The van der Waals surface area contributed by atoms with Gasteiger partial charge >= 0.3 is 0 Å². The third-order valence-electron chi connectivity index (χ3n) is 25.6. The van der Waals surface area contributed by atoms with Crippen molar-refractivity contribution in [3.8, 4) is 24.0 Å². The van der Waals surface area contributed by atoms with Gasteiger partial charge in [0.15, 0.2) is 17.2 Å². The van der Waals surface area contributed by atoms with Crippen molar-refractivity contribution in [2.45, 2.75) is 277 Å². The molecular weight excluding hydrogens is 1500 g/mol. The second kappa shape index (κ2) is 39.0. The number of amides is 2. The molecule has 4 aromatic carbocycles. The first kappa shape index (κ1) is 92.5. The van der Waals surface area contributed by atoms with E-state index < -0.39 is 69.3 Å². The van der Waals surface area contributed by atoms with Gasteiger partial charge in [-0.3, -0.25) is 38.6 Å². The molecule has 5 N–H and O–H groups in total. The Morgan fingerprint density at radius 2 is 1.14 bits per heavy atom. The van der Waals surface area contributed by atoms with Crippen LogP contribution in [0, 0.1) is 84.4 Å². The summed E-state index contributed by atoms with van der Waals surface area (Å²) in [7, 11) is 0. The quantitative estimate of drug-likeness (QED) is 0.0790. The zero-order valence-corrected chi connectivity index (χ0v) is 71.2. The summed E-state index contributed by atoms with van der Waals surface area (Å²) < 4.78 is 42.3. The number of nitrogens with one attached hydrogen (secondary N) is 1. The lowest BCUT2D eigenvalue weighted by atomic mass is 9.71. The van der Waals surface area contributed by atoms with E-state index in [1.807, 2.05) is 44.2 Å². The first-order chi connectivity index (χ1) is 54.2. The van der Waals surface area contributed by atoms with Gasteiger partial charge in [0.1, 0.15) is 51.3 Å². The summed E-state index contributed by atoms with van der Waals surface area (Å²) in [6, 6.07) is 40.0. The lowest BCUT2D eigenvalue weighted by Gasteiger charge is -2.45. The fourth-order valence-electron chi connectivity index (χ4n) is 19.5. The van der Waals surface area contributed by atoms with Crippen LogP contribution in [0.4, 0.5) is 13.2 Å². The Balaban J connectivity index is 0.000000175. The van der Waals surface area contributed by atoms with Gasteiger partial charge in [0.05, 0.1) is 23.7 Å². The van der Waals surface area contributed by atoms with E-state index in [1.54, 1.807) is 17.0 Å². The molecule has 6 bridgehead atoms. The fraction of sp³-hybridized carbons (Fsp3) is 0.581. The summed E-state index contributed by atoms with van der Waals surface area (Å²) in [5, 5.41) is 48.7. The average Bonchev–Trinajstić information content (AvgIpc) is 1.36. The maximum absolute atomic E-state index is 13.9. The molecule has 3 saturated heterocycles. The van der Waals surface area contributed by atoms with E-state index >= 15 is 0 Å². The Morgan fingerprint density at radius 1 is 0.652 bits per heavy atom. The van der Waals surface area contributed by atoms with E-state index in [1.165, 1.54) is 91.8 Å². The first-order valence-electron chi connectivity index (χ1n) is 41.0. The Bertz CT molecular complexity index is 4350. The number of hydrogen-bond donors (Lipinski definition) is 4. The minimum absolute atomic E-state index is 0.0318. The van der Waals surface area contributed by atoms with Crippen molar-refractivity contribution < 1.29 is 47.4 Å². The SMILES string of the molecule is CC(C)(O)C#N.CC1(CCl)CCCC(=O)C1.CC12CCCC(=O)C1C2.CC1=CC(=O)CCC1.CCl.C[C@@H](N)c1ccccc1.C[C@@]12CCC[C@]3(Cn4cc(C(=O)NCc5c(F)cc(F)cc5F)c(=O)c(O)c4C(=O)N3C1)C2.C[C@H](c1ccccc1)N1C[C@@]2(C)CCC[C@]1(C#N)C2.C[C@H](c1ccccc1)N1C[C@]2(C)CCC[C@@]1(C#N)C2. The molecule has 3 unspecified atom stereocenters. The zero-order chi connectivity index (χ0) is 84.7. The second-order valence-corrected chi connectivity index (χ2v) is 36.8. The number of aromatic hydroxyl groups is 1. The number of allylic oxidation sites excluding steroid dienone is 2. The highest BCUT2D eigenvalue weighted by molar-refractivity contribution is 6.18. The van der Waals surface area contributed by atoms with Gasteiger partial charge in [-0.05, 0) is 207 Å². The van der Waals surface area contributed by atoms with Gasteiger partial charge in [-0.2, -0.15) is 15.8 Å². The molecule has 9 fully saturated rings. The number of alkyl halides is 2. The van der Waals surface area contributed by atoms with E-state index in [9.17, 15) is 57.6 Å². The molecule has 5 heterocycles. The zero-order valence-electron chi connectivity index (χ0n) is 69.7. The van der Waals surface area contributed by atoms with Crippen molar-refractivity contribution in [1.29, 1.82) is 15.8 Å². The van der Waals surface area contributed by atoms with Crippen LogP contribution in [0.5, 0.6) is 5.75 Å². The van der Waals surface area contributed by atoms with Crippen LogP contribution < -0.4 is 16.5 Å². The van der Waals surface area contributed by atoms with E-state index in [0.29, 0.717) is 89.1 Å². The maximum Gasteiger partial charge on any atom is 0.275 e. The molecule has 115 heavy (non-hydrogen) atoms. The van der Waals surface area contributed by atoms with Gasteiger partial charge in [0, 0.05) is 119 Å². The lowest BCUT2D eigenvalue weighted by Crippen LogP contribution is -2.55. The lowest BCUT2D eigenvalue weighted by molar-refractivity contribution is -0.123. The van der Waals surface area contributed by atoms with Crippen LogP contribution in [-0.2, 0) is 27.5 Å². The minimum Gasteiger partial charge on any atom is -0.503 e. The highest BCUT2D eigenvalue weighted by Gasteiger charge is 2.60. The molecule has 0 radical (unpaired) electrons. The van der Waals surface area contributed by atoms with Crippen molar-refractivity contribution >= 4 is 52.4 Å². The number of nitriles is 3. The number of likely N-dealkylation sites (tertiary alicyclic amines) is 2. The van der Waals surface area contributed by atoms with Crippen LogP contribution in [0.15, 0.2) is 126 Å². The predicted molar refractivity (Wildman–Crippen MR) is 446 cm³/mol. The molecule has 7 aliphatic carbocycles. The van der Waals surface area contributed by atoms with Gasteiger partial charge in [-0.1, -0.05) is 138 Å². The van der Waals surface area contributed by atoms with Crippen molar-refractivity contribution in [3.63, 3.8) is 0 Å². The topological polar surface area (TPSA) is 267 Å². The number of benzene rings is 4. The molecule has 6 saturated carbocycles. The summed E-state index contributed by atoms with van der Waals surface area (Å²) in [6.45, 7) is 24.9. The first-order valence-corrected chi connectivity index (χ1v) is 42.3. The third-order valence-corrected chi connectivity index (χ3v) is 26.3. The van der Waals surface area contributed by atoms with Crippen molar-refractivity contribution in [3.05, 3.63) is 182 Å². The van der Waals surface area contributed by atoms with E-state index in [0.717, 1.165) is 116 Å². The number of rotatable bonds is 9. The summed E-state index contributed by atoms with van der Waals surface area (Å²) in [4.78, 5) is 77.9. The van der Waals surface area contributed by atoms with Crippen molar-refractivity contribution in [2.75, 3.05) is 31.9 Å². The number of nitrogens with two attached hydrogens (primary N) is 1. The number of fused-ring (bicyclic) bond motifs is 7. The van der Waals surface area contributed by atoms with Crippen LogP contribution in [0.3, 0.4) is 0 Å². The highest BCUT2D eigenvalue weighted by Crippen LogP contribution is 2.60. The normalized spacial score (nSPS) is 29.0. The van der Waals surface area contributed by atoms with Crippen LogP contribution >= 0.6 is 23.2 Å². The van der Waals surface area contributed by atoms with Crippen LogP contribution in [0.1, 0.15) is 285 Å². The van der Waals surface area contributed by atoms with E-state index in [-0.39, 0.29) is 33.6 Å². The Kier molecular flexibility index (Phi) is 31.4. The molecule has 4 aliphatic heterocycles. The summed E-state index contributed by atoms with van der Waals surface area (Å²) in [5.41, 5.74) is 7.68. The van der Waals surface area contributed by atoms with Gasteiger partial charge < -0.3 is 30.7 Å². The van der Waals surface area contributed by atoms with Gasteiger partial charge in [-0.25, -0.2) is 13.2 Å². The molecule has 5 aromatic rings. The number of pyridine rings is 1. The van der Waals surface area contributed by atoms with E-state index in [4.69, 9.17) is 27.7 Å². The van der Waals surface area contributed by atoms with Gasteiger partial charge in [0.25, 0.3) is 11.8 Å². The largest absolute Gasteiger partial charge is 0.503 e. The number of aliphatic hydroxyl groups is 1. The second-order valence-electron chi connectivity index (χ2n) is 36.5. The smallest absolute Gasteiger partial charge is 0.275 e. The van der Waals surface area contributed by atoms with Crippen LogP contribution in [0.2, 0.25) is 0 Å². The third kappa shape index (κ3) is 23.1. The minimum atomic E-state index is -1.18. The number of Topliss-reactive ketones (excluding diaryl/α,β-unsaturated/α-hetero) is 2. The molecule has 1 aromatic heterocycles. The fourth-order valence-corrected chi connectivity index (χ4v) is 19.7. The van der Waals surface area contributed by atoms with E-state index in [2.05, 4.69) is 148 Å². The number of hydrogen-bond acceptors (Lipinski definition) is 14. The van der Waals surface area contributed by atoms with Gasteiger partial charge in [-0.15, -0.1) is 23.2 Å². The molecule has 16 rings (SSSR count). The molecule has 17 nitrogen and oxygen atoms in total. The number of carbonyl (C=O) groups is 5. The molecule has 2 amide bonds. The molecule has 12 atom stereocenters. The number of carbonyl (C=O) groups excluding carboxylic acids is 5. The standard InChI is InChI=1S/C23H22F3N3O4.2C17H22N2.C8H13ClO.C8H11N.C8H12O.C7H10O.C4H7NO.CH3Cl/c1-22-3-2-4-23(9-22)11-28-8-14(18(30)19(31)17(28)21(33)29(23)10-22)20(32)27-7-13-15(25)5-12(24)6-16(13)26;2*1-14(15-7-4-3-5-8-15)19-13-16(2)9-6-10-17(19,11-16)12-18;1-8(6-9)4-2-3-7(10)5-8;1-7(9)8-5-3-2-4-6-8;1-8-4-2-3-7(9)6(8)5-8;1-6-3-2-4-7(8)5-6;1-4(2,6)3-5;1-2/h5-6,8,31H,2-4,7,9-11H2,1H3,(H,27,32);2*3-5,7-8,14H,6,9-11,13H2,1-2H3;2-6H2,1H3;2-7H,9H2,1H3;6H,2-5H2,1H3;5H,2-4H2,1H3;6H,1-2H3;1H3/t22-,23+;14-,16+,17-;14-,16-,17+;;7-;;;;/m011.1..../s1. The molecule has 22 heteroatoms. The summed E-state index contributed by atoms with van der Waals surface area (Å²) >= 11 is 10.4. The average molecular weight is 1620 g/mol. The Hall–Kier alpha value is -8.00. The maximum atomic E-state index is 13.9. The summed E-state index contributed by atoms with van der Waals surface area (Å²) in [6.07, 6.45) is 28.1. The van der Waals surface area contributed by atoms with Crippen LogP contribution in [-0.4, -0.2) is 113 Å².